The average molecular weight is 794 g/mol. The zero-order chi connectivity index (χ0) is 37.5. The van der Waals surface area contributed by atoms with Gasteiger partial charge in [0.25, 0.3) is 0 Å². The predicted molar refractivity (Wildman–Crippen MR) is 201 cm³/mol. The number of aliphatic hydroxyl groups excluding tert-OH is 1. The average Bonchev–Trinajstić information content (AvgIpc) is 3.78. The van der Waals surface area contributed by atoms with Crippen molar-refractivity contribution in [1.29, 1.82) is 0 Å². The fraction of sp³-hybridized carbons (Fsp3) is 0.500. The molecule has 0 radical (unpaired) electrons. The number of esters is 1. The molecule has 12 nitrogen and oxygen atoms in total. The number of fused-ring (bicyclic) bond motifs is 1. The Morgan fingerprint density at radius 2 is 1.74 bits per heavy atom. The van der Waals surface area contributed by atoms with Gasteiger partial charge < -0.3 is 34.4 Å². The van der Waals surface area contributed by atoms with Crippen molar-refractivity contribution >= 4 is 39.6 Å². The molecule has 13 heteroatoms. The standard InChI is InChI=1S/C40H49BrN4O8/c1-3-5-16-32(47)42-25-31(28-14-10-7-11-15-28)52-39(50)33-34-37(48)45(30(26-46)27-12-8-6-9-13-27)36(40(34)24-29(41)35(33)53-40)38(49)44(17-4-2)19-18-43-20-22-51-23-21-43/h3-4,6-15,29-31,33-36,46H,1-2,5,16-26H2,(H,42,47)/t29?,30-,31+,33+,34-,35+,36+,40-/m1/s1. The lowest BCUT2D eigenvalue weighted by atomic mass is 9.70. The van der Waals surface area contributed by atoms with Gasteiger partial charge in [0.1, 0.15) is 17.7 Å². The molecule has 6 rings (SSSR count). The molecular weight excluding hydrogens is 744 g/mol. The molecule has 4 aliphatic heterocycles. The summed E-state index contributed by atoms with van der Waals surface area (Å²) in [6.45, 7) is 11.1. The lowest BCUT2D eigenvalue weighted by Crippen LogP contribution is -2.58. The summed E-state index contributed by atoms with van der Waals surface area (Å²) in [6.07, 6.45) is 2.78. The van der Waals surface area contributed by atoms with Crippen LogP contribution >= 0.6 is 15.9 Å². The van der Waals surface area contributed by atoms with Crippen LogP contribution in [0.15, 0.2) is 86.0 Å². The second kappa shape index (κ2) is 17.5. The number of hydrogen-bond donors (Lipinski definition) is 2. The summed E-state index contributed by atoms with van der Waals surface area (Å²) < 4.78 is 18.5. The summed E-state index contributed by atoms with van der Waals surface area (Å²) >= 11 is 3.75. The number of aliphatic hydroxyl groups is 1. The molecule has 4 heterocycles. The largest absolute Gasteiger partial charge is 0.455 e. The van der Waals surface area contributed by atoms with Crippen molar-refractivity contribution in [3.8, 4) is 0 Å². The minimum Gasteiger partial charge on any atom is -0.455 e. The van der Waals surface area contributed by atoms with E-state index in [0.717, 1.165) is 13.1 Å². The van der Waals surface area contributed by atoms with Crippen LogP contribution in [0.1, 0.15) is 42.5 Å². The summed E-state index contributed by atoms with van der Waals surface area (Å²) in [5.41, 5.74) is -0.0453. The number of rotatable bonds is 17. The zero-order valence-corrected chi connectivity index (χ0v) is 31.5. The van der Waals surface area contributed by atoms with Crippen molar-refractivity contribution in [2.45, 2.75) is 54.0 Å². The van der Waals surface area contributed by atoms with Crippen LogP contribution < -0.4 is 5.32 Å². The number of benzene rings is 2. The number of allylic oxidation sites excluding steroid dienone is 1. The Kier molecular flexibility index (Phi) is 12.8. The Hall–Kier alpha value is -3.88. The summed E-state index contributed by atoms with van der Waals surface area (Å²) in [5, 5.41) is 13.8. The van der Waals surface area contributed by atoms with Gasteiger partial charge in [-0.05, 0) is 24.0 Å². The first-order chi connectivity index (χ1) is 25.7. The Labute approximate surface area is 319 Å². The van der Waals surface area contributed by atoms with Gasteiger partial charge in [0.2, 0.25) is 17.7 Å². The van der Waals surface area contributed by atoms with Crippen molar-refractivity contribution in [3.05, 3.63) is 97.1 Å². The number of morpholine rings is 1. The number of nitrogens with zero attached hydrogens (tertiary/aromatic N) is 3. The van der Waals surface area contributed by atoms with Crippen molar-refractivity contribution < 1.29 is 38.5 Å². The molecule has 53 heavy (non-hydrogen) atoms. The van der Waals surface area contributed by atoms with Crippen LogP contribution in [0.4, 0.5) is 0 Å². The maximum atomic E-state index is 15.0. The van der Waals surface area contributed by atoms with Gasteiger partial charge in [0, 0.05) is 44.0 Å². The molecule has 2 bridgehead atoms. The molecule has 4 saturated heterocycles. The van der Waals surface area contributed by atoms with Crippen molar-refractivity contribution in [2.75, 3.05) is 59.1 Å². The third-order valence-corrected chi connectivity index (χ3v) is 11.7. The van der Waals surface area contributed by atoms with Gasteiger partial charge in [0.05, 0.1) is 50.3 Å². The fourth-order valence-corrected chi connectivity index (χ4v) is 9.27. The highest BCUT2D eigenvalue weighted by Gasteiger charge is 2.77. The second-order valence-corrected chi connectivity index (χ2v) is 15.2. The van der Waals surface area contributed by atoms with Crippen molar-refractivity contribution in [2.24, 2.45) is 11.8 Å². The normalized spacial score (nSPS) is 27.5. The first-order valence-corrected chi connectivity index (χ1v) is 19.3. The SMILES string of the molecule is C=CCCC(=O)NC[C@H](OC(=O)[C@@H]1[C@H]2O[C@@]3(CC2Br)[C@H](C(=O)N(CC=C)CCN2CCOCC2)N([C@H](CO)c2ccccc2)C(=O)[C@@H]13)c1ccccc1. The molecule has 0 aromatic heterocycles. The van der Waals surface area contributed by atoms with Gasteiger partial charge in [-0.1, -0.05) is 88.7 Å². The molecular formula is C40H49BrN4O8. The first-order valence-electron chi connectivity index (χ1n) is 18.4. The number of carbonyl (C=O) groups is 4. The van der Waals surface area contributed by atoms with E-state index >= 15 is 4.79 Å². The third-order valence-electron chi connectivity index (χ3n) is 10.9. The van der Waals surface area contributed by atoms with Crippen LogP contribution in [-0.2, 0) is 33.4 Å². The van der Waals surface area contributed by atoms with Crippen molar-refractivity contribution in [1.82, 2.24) is 20.0 Å². The molecule has 1 spiro atoms. The predicted octanol–water partition coefficient (Wildman–Crippen LogP) is 3.18. The van der Waals surface area contributed by atoms with Gasteiger partial charge >= 0.3 is 5.97 Å². The summed E-state index contributed by atoms with van der Waals surface area (Å²) in [7, 11) is 0. The topological polar surface area (TPSA) is 138 Å². The number of ether oxygens (including phenoxy) is 3. The van der Waals surface area contributed by atoms with E-state index in [9.17, 15) is 19.5 Å². The molecule has 8 atom stereocenters. The summed E-state index contributed by atoms with van der Waals surface area (Å²) in [5.74, 6) is -3.75. The van der Waals surface area contributed by atoms with Crippen LogP contribution in [0, 0.1) is 11.8 Å². The number of amides is 3. The van der Waals surface area contributed by atoms with Gasteiger partial charge in [0.15, 0.2) is 0 Å². The molecule has 2 N–H and O–H groups in total. The lowest BCUT2D eigenvalue weighted by molar-refractivity contribution is -0.161. The van der Waals surface area contributed by atoms with Crippen LogP contribution in [0.2, 0.25) is 0 Å². The minimum absolute atomic E-state index is 0.0267. The maximum absolute atomic E-state index is 15.0. The Morgan fingerprint density at radius 1 is 1.06 bits per heavy atom. The molecule has 1 unspecified atom stereocenters. The number of nitrogens with one attached hydrogen (secondary N) is 1. The maximum Gasteiger partial charge on any atom is 0.313 e. The van der Waals surface area contributed by atoms with Crippen LogP contribution in [0.3, 0.4) is 0 Å². The minimum atomic E-state index is -1.38. The number of alkyl halides is 1. The van der Waals surface area contributed by atoms with E-state index in [2.05, 4.69) is 39.3 Å². The van der Waals surface area contributed by atoms with Gasteiger partial charge in [-0.2, -0.15) is 0 Å². The van der Waals surface area contributed by atoms with E-state index in [-0.39, 0.29) is 36.2 Å². The van der Waals surface area contributed by atoms with E-state index in [1.165, 1.54) is 4.90 Å². The van der Waals surface area contributed by atoms with Gasteiger partial charge in [-0.3, -0.25) is 24.1 Å². The number of hydrogen-bond acceptors (Lipinski definition) is 9. The number of carbonyl (C=O) groups excluding carboxylic acids is 4. The van der Waals surface area contributed by atoms with E-state index in [4.69, 9.17) is 14.2 Å². The third kappa shape index (κ3) is 8.00. The highest BCUT2D eigenvalue weighted by Crippen LogP contribution is 2.61. The molecule has 3 amide bonds. The smallest absolute Gasteiger partial charge is 0.313 e. The van der Waals surface area contributed by atoms with Crippen molar-refractivity contribution in [3.63, 3.8) is 0 Å². The quantitative estimate of drug-likeness (QED) is 0.141. The van der Waals surface area contributed by atoms with Gasteiger partial charge in [-0.25, -0.2) is 0 Å². The summed E-state index contributed by atoms with van der Waals surface area (Å²) in [6, 6.07) is 16.2. The molecule has 0 saturated carbocycles. The molecule has 284 valence electrons. The van der Waals surface area contributed by atoms with Crippen LogP contribution in [0.25, 0.3) is 0 Å². The first kappa shape index (κ1) is 38.8. The Bertz CT molecular complexity index is 1620. The lowest BCUT2D eigenvalue weighted by Gasteiger charge is -2.40. The molecule has 2 aromatic carbocycles. The van der Waals surface area contributed by atoms with Gasteiger partial charge in [-0.15, -0.1) is 13.2 Å². The highest BCUT2D eigenvalue weighted by atomic mass is 79.9. The molecule has 2 aromatic rings. The summed E-state index contributed by atoms with van der Waals surface area (Å²) in [4.78, 5) is 62.0. The Morgan fingerprint density at radius 3 is 2.38 bits per heavy atom. The molecule has 0 aliphatic carbocycles. The van der Waals surface area contributed by atoms with Crippen LogP contribution in [-0.4, -0.2) is 125 Å². The van der Waals surface area contributed by atoms with E-state index in [1.54, 1.807) is 17.1 Å². The molecule has 4 fully saturated rings. The number of likely N-dealkylation sites (tertiary alicyclic amines) is 1. The van der Waals surface area contributed by atoms with E-state index in [1.807, 2.05) is 60.7 Å². The van der Waals surface area contributed by atoms with Crippen LogP contribution in [0.5, 0.6) is 0 Å². The zero-order valence-electron chi connectivity index (χ0n) is 29.9. The number of halogens is 1. The highest BCUT2D eigenvalue weighted by molar-refractivity contribution is 9.09. The van der Waals surface area contributed by atoms with E-state index in [0.29, 0.717) is 50.3 Å². The second-order valence-electron chi connectivity index (χ2n) is 14.0. The fourth-order valence-electron chi connectivity index (χ4n) is 8.33. The van der Waals surface area contributed by atoms with E-state index < -0.39 is 60.2 Å². The molecule has 4 aliphatic rings. The monoisotopic (exact) mass is 792 g/mol. The Balaban J connectivity index is 1.34.